The molecule has 0 spiro atoms. The molecule has 0 aliphatic heterocycles. The monoisotopic (exact) mass is 570 g/mol. The van der Waals surface area contributed by atoms with Crippen LogP contribution in [-0.4, -0.2) is 54.2 Å². The number of unbranched alkanes of at least 4 members (excludes halogenated alkanes) is 6. The van der Waals surface area contributed by atoms with Crippen molar-refractivity contribution in [3.63, 3.8) is 0 Å². The number of carbonyl (C=O) groups is 4. The molecule has 1 N–H and O–H groups in total. The maximum Gasteiger partial charge on any atom is 0.341 e. The summed E-state index contributed by atoms with van der Waals surface area (Å²) < 4.78 is 17.0. The number of hydrogen-bond donors (Lipinski definition) is 1. The van der Waals surface area contributed by atoms with Gasteiger partial charge in [-0.15, -0.1) is 0 Å². The molecule has 2 atom stereocenters. The van der Waals surface area contributed by atoms with Gasteiger partial charge in [-0.05, 0) is 45.4 Å². The van der Waals surface area contributed by atoms with Crippen LogP contribution in [0.15, 0.2) is 0 Å². The quantitative estimate of drug-likeness (QED) is 0.0578. The van der Waals surface area contributed by atoms with E-state index in [1.807, 2.05) is 41.5 Å². The summed E-state index contributed by atoms with van der Waals surface area (Å²) in [6.07, 6.45) is 7.18. The zero-order valence-corrected chi connectivity index (χ0v) is 26.5. The third kappa shape index (κ3) is 9.02. The Morgan fingerprint density at radius 2 is 0.875 bits per heavy atom. The molecule has 0 saturated carbocycles. The van der Waals surface area contributed by atoms with Gasteiger partial charge in [-0.1, -0.05) is 99.3 Å². The fraction of sp³-hybridized carbons (Fsp3) is 0.875. The largest absolute Gasteiger partial charge is 0.465 e. The third-order valence-electron chi connectivity index (χ3n) is 7.96. The van der Waals surface area contributed by atoms with E-state index in [0.29, 0.717) is 57.8 Å². The van der Waals surface area contributed by atoms with Gasteiger partial charge in [0.05, 0.1) is 19.8 Å². The normalized spacial score (nSPS) is 14.6. The van der Waals surface area contributed by atoms with Gasteiger partial charge in [-0.3, -0.25) is 14.4 Å². The van der Waals surface area contributed by atoms with E-state index >= 15 is 0 Å². The predicted molar refractivity (Wildman–Crippen MR) is 157 cm³/mol. The minimum Gasteiger partial charge on any atom is -0.465 e. The smallest absolute Gasteiger partial charge is 0.341 e. The lowest BCUT2D eigenvalue weighted by Gasteiger charge is -2.51. The Balaban J connectivity index is 7.69. The second kappa shape index (κ2) is 20.0. The maximum atomic E-state index is 14.3. The van der Waals surface area contributed by atoms with Crippen LogP contribution in [0.5, 0.6) is 0 Å². The molecule has 0 aliphatic carbocycles. The van der Waals surface area contributed by atoms with Crippen LogP contribution in [0.25, 0.3) is 0 Å². The van der Waals surface area contributed by atoms with Crippen LogP contribution < -0.4 is 0 Å². The van der Waals surface area contributed by atoms with Crippen LogP contribution in [-0.2, 0) is 33.4 Å². The lowest BCUT2D eigenvalue weighted by molar-refractivity contribution is -0.230. The van der Waals surface area contributed by atoms with Crippen molar-refractivity contribution in [2.45, 2.75) is 150 Å². The fourth-order valence-corrected chi connectivity index (χ4v) is 5.31. The van der Waals surface area contributed by atoms with Gasteiger partial charge in [0.15, 0.2) is 11.2 Å². The Morgan fingerprint density at radius 3 is 1.25 bits per heavy atom. The molecule has 0 aromatic carbocycles. The van der Waals surface area contributed by atoms with E-state index in [1.54, 1.807) is 0 Å². The van der Waals surface area contributed by atoms with E-state index in [0.717, 1.165) is 19.3 Å². The van der Waals surface area contributed by atoms with Crippen molar-refractivity contribution in [2.75, 3.05) is 19.8 Å². The van der Waals surface area contributed by atoms with Crippen molar-refractivity contribution in [3.05, 3.63) is 0 Å². The Kier molecular flexibility index (Phi) is 19.0. The van der Waals surface area contributed by atoms with E-state index in [1.165, 1.54) is 6.92 Å². The third-order valence-corrected chi connectivity index (χ3v) is 7.96. The molecule has 0 saturated heterocycles. The lowest BCUT2D eigenvalue weighted by atomic mass is 9.52. The number of Topliss-reactive ketones (excluding diaryl/α,β-unsaturated/α-hetero) is 1. The van der Waals surface area contributed by atoms with Gasteiger partial charge in [0.1, 0.15) is 5.41 Å². The highest BCUT2D eigenvalue weighted by molar-refractivity contribution is 6.11. The molecule has 0 aromatic heterocycles. The molecule has 40 heavy (non-hydrogen) atoms. The summed E-state index contributed by atoms with van der Waals surface area (Å²) in [7, 11) is 0. The zero-order valence-electron chi connectivity index (χ0n) is 26.5. The highest BCUT2D eigenvalue weighted by atomic mass is 16.6. The number of esters is 3. The molecule has 8 nitrogen and oxygen atoms in total. The molecule has 0 aliphatic rings. The Labute approximate surface area is 243 Å². The Hall–Kier alpha value is -1.96. The minimum atomic E-state index is -2.81. The second-order valence-electron chi connectivity index (χ2n) is 11.0. The van der Waals surface area contributed by atoms with Crippen LogP contribution in [0, 0.1) is 10.8 Å². The van der Waals surface area contributed by atoms with E-state index in [9.17, 15) is 24.3 Å². The van der Waals surface area contributed by atoms with Crippen LogP contribution >= 0.6 is 0 Å². The molecule has 0 amide bonds. The number of ether oxygens (including phenoxy) is 3. The molecular formula is C32H58O8. The van der Waals surface area contributed by atoms with Crippen LogP contribution in [0.2, 0.25) is 0 Å². The summed E-state index contributed by atoms with van der Waals surface area (Å²) in [5, 5.41) is 13.0. The predicted octanol–water partition coefficient (Wildman–Crippen LogP) is 6.88. The number of aliphatic hydroxyl groups is 1. The van der Waals surface area contributed by atoms with Gasteiger partial charge in [0.25, 0.3) is 0 Å². The molecule has 0 rings (SSSR count). The topological polar surface area (TPSA) is 116 Å². The summed E-state index contributed by atoms with van der Waals surface area (Å²) in [6, 6.07) is 0. The van der Waals surface area contributed by atoms with Crippen LogP contribution in [0.4, 0.5) is 0 Å². The van der Waals surface area contributed by atoms with Crippen molar-refractivity contribution in [1.29, 1.82) is 0 Å². The lowest BCUT2D eigenvalue weighted by Crippen LogP contribution is -2.72. The molecule has 0 radical (unpaired) electrons. The van der Waals surface area contributed by atoms with Crippen molar-refractivity contribution in [3.8, 4) is 0 Å². The van der Waals surface area contributed by atoms with Crippen molar-refractivity contribution in [2.24, 2.45) is 10.8 Å². The summed E-state index contributed by atoms with van der Waals surface area (Å²) in [6.45, 7) is 13.0. The molecule has 0 bridgehead atoms. The van der Waals surface area contributed by atoms with Gasteiger partial charge in [0, 0.05) is 0 Å². The highest BCUT2D eigenvalue weighted by Crippen LogP contribution is 2.55. The number of hydrogen-bond acceptors (Lipinski definition) is 8. The van der Waals surface area contributed by atoms with E-state index in [4.69, 9.17) is 14.2 Å². The first kappa shape index (κ1) is 38.0. The first-order valence-electron chi connectivity index (χ1n) is 15.8. The first-order chi connectivity index (χ1) is 19.1. The van der Waals surface area contributed by atoms with Gasteiger partial charge in [0.2, 0.25) is 5.60 Å². The number of carbonyl (C=O) groups excluding carboxylic acids is 4. The summed E-state index contributed by atoms with van der Waals surface area (Å²) in [4.78, 5) is 56.3. The number of ketones is 1. The van der Waals surface area contributed by atoms with Crippen molar-refractivity contribution in [1.82, 2.24) is 0 Å². The maximum absolute atomic E-state index is 14.3. The average Bonchev–Trinajstić information content (AvgIpc) is 2.93. The van der Waals surface area contributed by atoms with E-state index in [2.05, 4.69) is 0 Å². The van der Waals surface area contributed by atoms with Gasteiger partial charge >= 0.3 is 17.9 Å². The molecule has 0 aromatic rings. The van der Waals surface area contributed by atoms with E-state index in [-0.39, 0.29) is 39.1 Å². The average molecular weight is 571 g/mol. The zero-order chi connectivity index (χ0) is 30.7. The van der Waals surface area contributed by atoms with E-state index < -0.39 is 40.1 Å². The summed E-state index contributed by atoms with van der Waals surface area (Å²) >= 11 is 0. The number of rotatable bonds is 24. The molecule has 8 heteroatoms. The first-order valence-corrected chi connectivity index (χ1v) is 15.8. The van der Waals surface area contributed by atoms with Gasteiger partial charge < -0.3 is 19.3 Å². The molecule has 0 heterocycles. The van der Waals surface area contributed by atoms with Crippen LogP contribution in [0.3, 0.4) is 0 Å². The minimum absolute atomic E-state index is 0.00714. The van der Waals surface area contributed by atoms with Gasteiger partial charge in [-0.2, -0.15) is 0 Å². The highest BCUT2D eigenvalue weighted by Gasteiger charge is 2.75. The molecular weight excluding hydrogens is 512 g/mol. The SMILES string of the molecule is CCCCOC(=O)C(CCCC)(CCCC)C(O)(C(=O)OCCCC)C(CCCC)(C(C)=O)C(=O)OCCCC. The van der Waals surface area contributed by atoms with Crippen LogP contribution in [0.1, 0.15) is 145 Å². The molecule has 0 fully saturated rings. The van der Waals surface area contributed by atoms with Gasteiger partial charge in [-0.25, -0.2) is 4.79 Å². The van der Waals surface area contributed by atoms with Crippen molar-refractivity contribution >= 4 is 23.7 Å². The summed E-state index contributed by atoms with van der Waals surface area (Å²) in [5.41, 5.74) is -7.02. The summed E-state index contributed by atoms with van der Waals surface area (Å²) in [5.74, 6) is -3.58. The van der Waals surface area contributed by atoms with Crippen molar-refractivity contribution < 1.29 is 38.5 Å². The molecule has 2 unspecified atom stereocenters. The fourth-order valence-electron chi connectivity index (χ4n) is 5.31. The Bertz CT molecular complexity index is 756. The second-order valence-corrected chi connectivity index (χ2v) is 11.0. The Morgan fingerprint density at radius 1 is 0.525 bits per heavy atom. The standard InChI is InChI=1S/C32H58O8/c1-8-14-20-30(21-15-9-2,27(34)38-23-17-11-4)32(37,29(36)40-25-19-13-6)31(26(7)33,22-16-10-3)28(35)39-24-18-12-5/h37H,8-25H2,1-7H3. The molecule has 234 valence electrons.